The molecule has 0 unspecified atom stereocenters. The number of ketones is 1. The van der Waals surface area contributed by atoms with Gasteiger partial charge in [0.2, 0.25) is 0 Å². The van der Waals surface area contributed by atoms with Gasteiger partial charge in [-0.15, -0.1) is 0 Å². The van der Waals surface area contributed by atoms with Crippen molar-refractivity contribution in [3.05, 3.63) is 33.9 Å². The Morgan fingerprint density at radius 2 is 1.79 bits per heavy atom. The SMILES string of the molecule is CCc1cc(C)c(C)c(C)c1C(C)=O. The first-order chi connectivity index (χ1) is 6.49. The monoisotopic (exact) mass is 190 g/mol. The second kappa shape index (κ2) is 3.95. The lowest BCUT2D eigenvalue weighted by atomic mass is 9.91. The molecule has 0 amide bonds. The number of rotatable bonds is 2. The molecule has 0 aliphatic heterocycles. The van der Waals surface area contributed by atoms with Crippen LogP contribution in [0.15, 0.2) is 6.07 Å². The highest BCUT2D eigenvalue weighted by atomic mass is 16.1. The normalized spacial score (nSPS) is 10.4. The Morgan fingerprint density at radius 3 is 2.21 bits per heavy atom. The Bertz CT molecular complexity index is 375. The summed E-state index contributed by atoms with van der Waals surface area (Å²) in [5.74, 6) is 0.183. The van der Waals surface area contributed by atoms with Gasteiger partial charge in [0, 0.05) is 5.56 Å². The van der Waals surface area contributed by atoms with Crippen molar-refractivity contribution in [2.24, 2.45) is 0 Å². The van der Waals surface area contributed by atoms with Crippen molar-refractivity contribution < 1.29 is 4.79 Å². The number of carbonyl (C=O) groups excluding carboxylic acids is 1. The van der Waals surface area contributed by atoms with Crippen molar-refractivity contribution in [2.75, 3.05) is 0 Å². The van der Waals surface area contributed by atoms with E-state index in [-0.39, 0.29) is 5.78 Å². The van der Waals surface area contributed by atoms with E-state index in [0.29, 0.717) is 0 Å². The topological polar surface area (TPSA) is 17.1 Å². The Labute approximate surface area is 86.1 Å². The lowest BCUT2D eigenvalue weighted by Crippen LogP contribution is -2.05. The van der Waals surface area contributed by atoms with Gasteiger partial charge in [-0.05, 0) is 56.4 Å². The molecule has 0 aliphatic rings. The molecule has 76 valence electrons. The minimum Gasteiger partial charge on any atom is -0.294 e. The zero-order valence-electron chi connectivity index (χ0n) is 9.69. The van der Waals surface area contributed by atoms with Gasteiger partial charge in [-0.3, -0.25) is 4.79 Å². The summed E-state index contributed by atoms with van der Waals surface area (Å²) in [6.45, 7) is 9.96. The number of benzene rings is 1. The first kappa shape index (κ1) is 11.0. The lowest BCUT2D eigenvalue weighted by molar-refractivity contribution is 0.101. The summed E-state index contributed by atoms with van der Waals surface area (Å²) in [5.41, 5.74) is 5.78. The van der Waals surface area contributed by atoms with Gasteiger partial charge >= 0.3 is 0 Å². The number of aryl methyl sites for hydroxylation is 2. The summed E-state index contributed by atoms with van der Waals surface area (Å²) in [4.78, 5) is 11.5. The molecule has 1 rings (SSSR count). The van der Waals surface area contributed by atoms with Crippen LogP contribution in [0.3, 0.4) is 0 Å². The van der Waals surface area contributed by atoms with Gasteiger partial charge in [-0.2, -0.15) is 0 Å². The number of hydrogen-bond acceptors (Lipinski definition) is 1. The fourth-order valence-corrected chi connectivity index (χ4v) is 1.93. The summed E-state index contributed by atoms with van der Waals surface area (Å²) in [6, 6.07) is 2.14. The third-order valence-electron chi connectivity index (χ3n) is 2.97. The summed E-state index contributed by atoms with van der Waals surface area (Å²) in [6.07, 6.45) is 0.927. The third kappa shape index (κ3) is 1.72. The van der Waals surface area contributed by atoms with Crippen molar-refractivity contribution in [3.63, 3.8) is 0 Å². The first-order valence-electron chi connectivity index (χ1n) is 5.09. The molecule has 0 aromatic heterocycles. The molecule has 0 heterocycles. The van der Waals surface area contributed by atoms with Crippen LogP contribution in [0, 0.1) is 20.8 Å². The lowest BCUT2D eigenvalue weighted by Gasteiger charge is -2.13. The smallest absolute Gasteiger partial charge is 0.160 e. The Kier molecular flexibility index (Phi) is 3.10. The molecule has 0 fully saturated rings. The van der Waals surface area contributed by atoms with Crippen LogP contribution in [0.2, 0.25) is 0 Å². The van der Waals surface area contributed by atoms with Crippen LogP contribution in [0.4, 0.5) is 0 Å². The summed E-state index contributed by atoms with van der Waals surface area (Å²) < 4.78 is 0. The van der Waals surface area contributed by atoms with Gasteiger partial charge in [-0.25, -0.2) is 0 Å². The van der Waals surface area contributed by atoms with Crippen LogP contribution in [0.5, 0.6) is 0 Å². The first-order valence-corrected chi connectivity index (χ1v) is 5.09. The zero-order chi connectivity index (χ0) is 10.9. The van der Waals surface area contributed by atoms with E-state index >= 15 is 0 Å². The highest BCUT2D eigenvalue weighted by Gasteiger charge is 2.12. The van der Waals surface area contributed by atoms with Crippen molar-refractivity contribution in [2.45, 2.75) is 41.0 Å². The van der Waals surface area contributed by atoms with E-state index in [9.17, 15) is 4.79 Å². The van der Waals surface area contributed by atoms with Crippen LogP contribution in [0.25, 0.3) is 0 Å². The maximum absolute atomic E-state index is 11.5. The van der Waals surface area contributed by atoms with E-state index in [0.717, 1.165) is 17.5 Å². The van der Waals surface area contributed by atoms with Gasteiger partial charge in [0.25, 0.3) is 0 Å². The zero-order valence-corrected chi connectivity index (χ0v) is 9.69. The number of hydrogen-bond donors (Lipinski definition) is 0. The molecule has 1 aromatic carbocycles. The molecule has 0 bridgehead atoms. The maximum atomic E-state index is 11.5. The minimum absolute atomic E-state index is 0.183. The van der Waals surface area contributed by atoms with Crippen LogP contribution in [-0.4, -0.2) is 5.78 Å². The highest BCUT2D eigenvalue weighted by molar-refractivity contribution is 5.97. The fourth-order valence-electron chi connectivity index (χ4n) is 1.93. The molecule has 0 spiro atoms. The fraction of sp³-hybridized carbons (Fsp3) is 0.462. The summed E-state index contributed by atoms with van der Waals surface area (Å²) in [7, 11) is 0. The van der Waals surface area contributed by atoms with Gasteiger partial charge < -0.3 is 0 Å². The largest absolute Gasteiger partial charge is 0.294 e. The predicted molar refractivity (Wildman–Crippen MR) is 60.0 cm³/mol. The van der Waals surface area contributed by atoms with Gasteiger partial charge in [-0.1, -0.05) is 13.0 Å². The second-order valence-corrected chi connectivity index (χ2v) is 3.89. The van der Waals surface area contributed by atoms with Crippen LogP contribution >= 0.6 is 0 Å². The summed E-state index contributed by atoms with van der Waals surface area (Å²) in [5, 5.41) is 0. The molecule has 0 atom stereocenters. The molecule has 0 saturated heterocycles. The molecule has 0 N–H and O–H groups in total. The molecular formula is C13H18O. The van der Waals surface area contributed by atoms with Crippen molar-refractivity contribution in [1.29, 1.82) is 0 Å². The molecule has 1 aromatic rings. The Balaban J connectivity index is 3.53. The van der Waals surface area contributed by atoms with Crippen LogP contribution in [-0.2, 0) is 6.42 Å². The molecule has 1 heteroatoms. The number of Topliss-reactive ketones (excluding diaryl/α,β-unsaturated/α-hetero) is 1. The van der Waals surface area contributed by atoms with Crippen molar-refractivity contribution >= 4 is 5.78 Å². The average Bonchev–Trinajstić information content (AvgIpc) is 2.12. The van der Waals surface area contributed by atoms with Gasteiger partial charge in [0.15, 0.2) is 5.78 Å². The quantitative estimate of drug-likeness (QED) is 0.653. The highest BCUT2D eigenvalue weighted by Crippen LogP contribution is 2.22. The second-order valence-electron chi connectivity index (χ2n) is 3.89. The predicted octanol–water partition coefficient (Wildman–Crippen LogP) is 3.38. The standard InChI is InChI=1S/C13H18O/c1-6-12-7-8(2)9(3)10(4)13(12)11(5)14/h7H,6H2,1-5H3. The van der Waals surface area contributed by atoms with Gasteiger partial charge in [0.05, 0.1) is 0 Å². The van der Waals surface area contributed by atoms with E-state index in [1.54, 1.807) is 6.92 Å². The Hall–Kier alpha value is -1.11. The van der Waals surface area contributed by atoms with E-state index in [1.165, 1.54) is 16.7 Å². The van der Waals surface area contributed by atoms with Crippen LogP contribution in [0.1, 0.15) is 46.5 Å². The molecule has 0 saturated carbocycles. The van der Waals surface area contributed by atoms with Gasteiger partial charge in [0.1, 0.15) is 0 Å². The molecule has 0 aliphatic carbocycles. The number of carbonyl (C=O) groups is 1. The minimum atomic E-state index is 0.183. The molecular weight excluding hydrogens is 172 g/mol. The average molecular weight is 190 g/mol. The van der Waals surface area contributed by atoms with E-state index in [1.807, 2.05) is 6.92 Å². The van der Waals surface area contributed by atoms with Crippen molar-refractivity contribution in [1.82, 2.24) is 0 Å². The van der Waals surface area contributed by atoms with E-state index in [4.69, 9.17) is 0 Å². The molecule has 14 heavy (non-hydrogen) atoms. The molecule has 1 nitrogen and oxygen atoms in total. The Morgan fingerprint density at radius 1 is 1.21 bits per heavy atom. The summed E-state index contributed by atoms with van der Waals surface area (Å²) >= 11 is 0. The van der Waals surface area contributed by atoms with Crippen LogP contribution < -0.4 is 0 Å². The van der Waals surface area contributed by atoms with E-state index in [2.05, 4.69) is 26.8 Å². The van der Waals surface area contributed by atoms with E-state index < -0.39 is 0 Å². The maximum Gasteiger partial charge on any atom is 0.160 e. The molecule has 0 radical (unpaired) electrons. The van der Waals surface area contributed by atoms with Crippen molar-refractivity contribution in [3.8, 4) is 0 Å². The third-order valence-corrected chi connectivity index (χ3v) is 2.97.